The zero-order chi connectivity index (χ0) is 18.8. The number of fused-ring (bicyclic) bond motifs is 1. The lowest BCUT2D eigenvalue weighted by Crippen LogP contribution is -2.43. The number of nitrogens with one attached hydrogen (secondary N) is 1. The average Bonchev–Trinajstić information content (AvgIpc) is 3.32. The van der Waals surface area contributed by atoms with E-state index >= 15 is 0 Å². The number of nitrogens with zero attached hydrogens (tertiary/aromatic N) is 1. The first-order valence-corrected chi connectivity index (χ1v) is 9.33. The highest BCUT2D eigenvalue weighted by atomic mass is 35.5. The van der Waals surface area contributed by atoms with Crippen LogP contribution < -0.4 is 5.32 Å². The third-order valence-electron chi connectivity index (χ3n) is 4.92. The van der Waals surface area contributed by atoms with Crippen LogP contribution in [0.3, 0.4) is 0 Å². The lowest BCUT2D eigenvalue weighted by Gasteiger charge is -2.33. The van der Waals surface area contributed by atoms with Gasteiger partial charge >= 0.3 is 0 Å². The second-order valence-electron chi connectivity index (χ2n) is 6.59. The molecule has 0 radical (unpaired) electrons. The molecule has 1 aromatic carbocycles. The molecule has 2 aromatic heterocycles. The van der Waals surface area contributed by atoms with Crippen LogP contribution in [0.4, 0.5) is 0 Å². The van der Waals surface area contributed by atoms with E-state index < -0.39 is 0 Å². The number of halogens is 1. The van der Waals surface area contributed by atoms with Crippen molar-refractivity contribution in [3.63, 3.8) is 0 Å². The fourth-order valence-corrected chi connectivity index (χ4v) is 3.63. The van der Waals surface area contributed by atoms with Gasteiger partial charge in [-0.1, -0.05) is 11.6 Å². The largest absolute Gasteiger partial charge is 0.468 e. The van der Waals surface area contributed by atoms with Crippen LogP contribution in [0.5, 0.6) is 0 Å². The molecule has 7 heteroatoms. The number of furan rings is 2. The third kappa shape index (κ3) is 3.74. The first kappa shape index (κ1) is 18.1. The molecule has 3 heterocycles. The lowest BCUT2D eigenvalue weighted by molar-refractivity contribution is 0.0117. The number of amides is 1. The summed E-state index contributed by atoms with van der Waals surface area (Å²) in [4.78, 5) is 15.0. The Bertz CT molecular complexity index is 929. The Kier molecular flexibility index (Phi) is 5.20. The van der Waals surface area contributed by atoms with Crippen LogP contribution in [0.1, 0.15) is 27.9 Å². The summed E-state index contributed by atoms with van der Waals surface area (Å²) in [6, 6.07) is 9.08. The molecule has 0 spiro atoms. The minimum Gasteiger partial charge on any atom is -0.468 e. The number of hydrogen-bond donors (Lipinski definition) is 1. The van der Waals surface area contributed by atoms with E-state index in [-0.39, 0.29) is 11.9 Å². The Morgan fingerprint density at radius 3 is 2.85 bits per heavy atom. The van der Waals surface area contributed by atoms with Crippen molar-refractivity contribution >= 4 is 28.5 Å². The summed E-state index contributed by atoms with van der Waals surface area (Å²) in [5.41, 5.74) is 1.43. The third-order valence-corrected chi connectivity index (χ3v) is 5.15. The van der Waals surface area contributed by atoms with E-state index in [1.807, 2.05) is 25.1 Å². The molecule has 1 amide bonds. The van der Waals surface area contributed by atoms with E-state index in [1.165, 1.54) is 0 Å². The fraction of sp³-hybridized carbons (Fsp3) is 0.350. The van der Waals surface area contributed by atoms with Crippen molar-refractivity contribution in [2.45, 2.75) is 13.0 Å². The highest BCUT2D eigenvalue weighted by Gasteiger charge is 2.26. The van der Waals surface area contributed by atoms with E-state index in [0.29, 0.717) is 36.1 Å². The second-order valence-corrected chi connectivity index (χ2v) is 7.02. The van der Waals surface area contributed by atoms with Gasteiger partial charge in [0.05, 0.1) is 25.5 Å². The Morgan fingerprint density at radius 2 is 2.11 bits per heavy atom. The molecule has 0 saturated carbocycles. The maximum absolute atomic E-state index is 12.8. The van der Waals surface area contributed by atoms with Gasteiger partial charge in [0, 0.05) is 35.6 Å². The van der Waals surface area contributed by atoms with Crippen LogP contribution >= 0.6 is 11.6 Å². The summed E-state index contributed by atoms with van der Waals surface area (Å²) in [5, 5.41) is 4.46. The van der Waals surface area contributed by atoms with Crippen molar-refractivity contribution in [3.8, 4) is 0 Å². The number of ether oxygens (including phenoxy) is 1. The van der Waals surface area contributed by atoms with Gasteiger partial charge in [0.15, 0.2) is 5.76 Å². The van der Waals surface area contributed by atoms with E-state index in [9.17, 15) is 4.79 Å². The molecule has 27 heavy (non-hydrogen) atoms. The molecule has 1 saturated heterocycles. The molecule has 1 aliphatic heterocycles. The predicted octanol–water partition coefficient (Wildman–Crippen LogP) is 3.79. The van der Waals surface area contributed by atoms with E-state index in [2.05, 4.69) is 10.2 Å². The van der Waals surface area contributed by atoms with Crippen LogP contribution in [-0.4, -0.2) is 43.7 Å². The van der Waals surface area contributed by atoms with E-state index in [1.54, 1.807) is 18.4 Å². The van der Waals surface area contributed by atoms with Gasteiger partial charge < -0.3 is 18.9 Å². The topological polar surface area (TPSA) is 67.9 Å². The molecule has 1 aliphatic rings. The SMILES string of the molecule is Cc1c(C(=O)NC[C@H](c2ccco2)N2CCOCC2)oc2ccc(Cl)cc12. The van der Waals surface area contributed by atoms with Crippen LogP contribution in [0, 0.1) is 6.92 Å². The van der Waals surface area contributed by atoms with Gasteiger partial charge in [0.1, 0.15) is 11.3 Å². The smallest absolute Gasteiger partial charge is 0.287 e. The van der Waals surface area contributed by atoms with Gasteiger partial charge in [-0.15, -0.1) is 0 Å². The highest BCUT2D eigenvalue weighted by molar-refractivity contribution is 6.31. The number of carbonyl (C=O) groups is 1. The van der Waals surface area contributed by atoms with Crippen molar-refractivity contribution in [3.05, 3.63) is 58.7 Å². The molecule has 0 aliphatic carbocycles. The number of morpholine rings is 1. The van der Waals surface area contributed by atoms with Crippen molar-refractivity contribution < 1.29 is 18.4 Å². The normalized spacial score (nSPS) is 16.5. The van der Waals surface area contributed by atoms with Crippen LogP contribution in [0.2, 0.25) is 5.02 Å². The molecular weight excluding hydrogens is 368 g/mol. The molecular formula is C20H21ClN2O4. The molecule has 3 aromatic rings. The molecule has 6 nitrogen and oxygen atoms in total. The van der Waals surface area contributed by atoms with Gasteiger partial charge in [0.25, 0.3) is 5.91 Å². The maximum atomic E-state index is 12.8. The van der Waals surface area contributed by atoms with Crippen molar-refractivity contribution in [2.24, 2.45) is 0 Å². The zero-order valence-corrected chi connectivity index (χ0v) is 15.8. The van der Waals surface area contributed by atoms with Crippen molar-refractivity contribution in [2.75, 3.05) is 32.8 Å². The highest BCUT2D eigenvalue weighted by Crippen LogP contribution is 2.28. The van der Waals surface area contributed by atoms with Gasteiger partial charge in [-0.05, 0) is 37.3 Å². The van der Waals surface area contributed by atoms with Crippen LogP contribution in [0.15, 0.2) is 45.4 Å². The predicted molar refractivity (Wildman–Crippen MR) is 102 cm³/mol. The Hall–Kier alpha value is -2.28. The second kappa shape index (κ2) is 7.76. The number of rotatable bonds is 5. The first-order valence-electron chi connectivity index (χ1n) is 8.95. The monoisotopic (exact) mass is 388 g/mol. The van der Waals surface area contributed by atoms with Gasteiger partial charge in [-0.25, -0.2) is 0 Å². The number of benzene rings is 1. The first-order chi connectivity index (χ1) is 13.1. The van der Waals surface area contributed by atoms with Crippen molar-refractivity contribution in [1.29, 1.82) is 0 Å². The van der Waals surface area contributed by atoms with Crippen LogP contribution in [-0.2, 0) is 4.74 Å². The average molecular weight is 389 g/mol. The minimum atomic E-state index is -0.246. The lowest BCUT2D eigenvalue weighted by atomic mass is 10.1. The molecule has 0 bridgehead atoms. The number of aryl methyl sites for hydroxylation is 1. The molecule has 142 valence electrons. The summed E-state index contributed by atoms with van der Waals surface area (Å²) >= 11 is 6.06. The summed E-state index contributed by atoms with van der Waals surface area (Å²) in [7, 11) is 0. The van der Waals surface area contributed by atoms with Crippen LogP contribution in [0.25, 0.3) is 11.0 Å². The standard InChI is InChI=1S/C20H21ClN2O4/c1-13-15-11-14(21)4-5-17(15)27-19(13)20(24)22-12-16(18-3-2-8-26-18)23-6-9-25-10-7-23/h2-5,8,11,16H,6-7,9-10,12H2,1H3,(H,22,24)/t16-/m1/s1. The van der Waals surface area contributed by atoms with E-state index in [4.69, 9.17) is 25.2 Å². The Morgan fingerprint density at radius 1 is 1.30 bits per heavy atom. The summed E-state index contributed by atoms with van der Waals surface area (Å²) in [6.07, 6.45) is 1.65. The van der Waals surface area contributed by atoms with Gasteiger partial charge in [-0.3, -0.25) is 9.69 Å². The molecule has 0 unspecified atom stereocenters. The zero-order valence-electron chi connectivity index (χ0n) is 15.0. The fourth-order valence-electron chi connectivity index (χ4n) is 3.46. The molecule has 1 fully saturated rings. The maximum Gasteiger partial charge on any atom is 0.287 e. The molecule has 4 rings (SSSR count). The van der Waals surface area contributed by atoms with Crippen molar-refractivity contribution in [1.82, 2.24) is 10.2 Å². The molecule has 1 N–H and O–H groups in total. The summed E-state index contributed by atoms with van der Waals surface area (Å²) < 4.78 is 16.8. The Labute approximate surface area is 162 Å². The minimum absolute atomic E-state index is 0.0491. The summed E-state index contributed by atoms with van der Waals surface area (Å²) in [6.45, 7) is 5.22. The van der Waals surface area contributed by atoms with Gasteiger partial charge in [-0.2, -0.15) is 0 Å². The van der Waals surface area contributed by atoms with Gasteiger partial charge in [0.2, 0.25) is 0 Å². The summed E-state index contributed by atoms with van der Waals surface area (Å²) in [5.74, 6) is 0.891. The quantitative estimate of drug-likeness (QED) is 0.720. The van der Waals surface area contributed by atoms with E-state index in [0.717, 1.165) is 29.8 Å². The molecule has 1 atom stereocenters. The number of hydrogen-bond acceptors (Lipinski definition) is 5. The Balaban J connectivity index is 1.52. The number of carbonyl (C=O) groups excluding carboxylic acids is 1.